The molecule has 0 fully saturated rings. The number of aromatic nitrogens is 2. The Labute approximate surface area is 114 Å². The third-order valence-electron chi connectivity index (χ3n) is 3.41. The Morgan fingerprint density at radius 1 is 1.35 bits per heavy atom. The van der Waals surface area contributed by atoms with Gasteiger partial charge >= 0.3 is 0 Å². The second kappa shape index (κ2) is 4.76. The van der Waals surface area contributed by atoms with Gasteiger partial charge in [0.05, 0.1) is 11.1 Å². The number of nitro groups is 1. The number of amides is 1. The molecule has 1 aromatic carbocycles. The number of non-ortho nitro benzene ring substituents is 1. The number of rotatable bonds is 2. The van der Waals surface area contributed by atoms with E-state index in [0.29, 0.717) is 18.7 Å². The van der Waals surface area contributed by atoms with E-state index in [0.717, 1.165) is 17.7 Å². The van der Waals surface area contributed by atoms with E-state index in [1.165, 1.54) is 24.3 Å². The van der Waals surface area contributed by atoms with E-state index in [1.807, 2.05) is 0 Å². The maximum atomic E-state index is 12.3. The molecule has 1 aromatic heterocycles. The van der Waals surface area contributed by atoms with Crippen LogP contribution in [0.5, 0.6) is 0 Å². The lowest BCUT2D eigenvalue weighted by atomic mass is 10.1. The molecule has 102 valence electrons. The van der Waals surface area contributed by atoms with E-state index >= 15 is 0 Å². The van der Waals surface area contributed by atoms with Gasteiger partial charge in [-0.3, -0.25) is 20.0 Å². The molecule has 3 rings (SSSR count). The summed E-state index contributed by atoms with van der Waals surface area (Å²) in [5.74, 6) is -0.119. The average Bonchev–Trinajstić information content (AvgIpc) is 2.94. The van der Waals surface area contributed by atoms with Crippen molar-refractivity contribution in [1.82, 2.24) is 15.1 Å². The Morgan fingerprint density at radius 3 is 2.80 bits per heavy atom. The summed E-state index contributed by atoms with van der Waals surface area (Å²) < 4.78 is 0. The Kier molecular flexibility index (Phi) is 2.94. The van der Waals surface area contributed by atoms with Gasteiger partial charge in [0.2, 0.25) is 0 Å². The number of nitrogens with zero attached hydrogens (tertiary/aromatic N) is 3. The summed E-state index contributed by atoms with van der Waals surface area (Å²) in [5.41, 5.74) is 2.53. The van der Waals surface area contributed by atoms with E-state index in [1.54, 1.807) is 11.1 Å². The molecule has 1 aliphatic heterocycles. The highest BCUT2D eigenvalue weighted by Gasteiger charge is 2.23. The van der Waals surface area contributed by atoms with Crippen molar-refractivity contribution in [2.24, 2.45) is 0 Å². The van der Waals surface area contributed by atoms with E-state index < -0.39 is 4.92 Å². The van der Waals surface area contributed by atoms with Gasteiger partial charge in [-0.1, -0.05) is 0 Å². The lowest BCUT2D eigenvalue weighted by Gasteiger charge is -2.26. The second-order valence-electron chi connectivity index (χ2n) is 4.65. The maximum Gasteiger partial charge on any atom is 0.269 e. The number of fused-ring (bicyclic) bond motifs is 1. The van der Waals surface area contributed by atoms with E-state index in [-0.39, 0.29) is 11.6 Å². The van der Waals surface area contributed by atoms with Crippen LogP contribution in [-0.2, 0) is 13.0 Å². The predicted molar refractivity (Wildman–Crippen MR) is 70.1 cm³/mol. The van der Waals surface area contributed by atoms with Crippen LogP contribution >= 0.6 is 0 Å². The highest BCUT2D eigenvalue weighted by atomic mass is 16.6. The minimum absolute atomic E-state index is 0.0164. The Morgan fingerprint density at radius 2 is 2.10 bits per heavy atom. The van der Waals surface area contributed by atoms with Gasteiger partial charge in [-0.15, -0.1) is 0 Å². The minimum Gasteiger partial charge on any atom is -0.334 e. The standard InChI is InChI=1S/C13H12N4O3/c18-13(9-1-3-11(4-2-9)17(19)20)16-6-5-12-10(8-16)7-14-15-12/h1-4,7H,5-6,8H2,(H,14,15). The first-order valence-electron chi connectivity index (χ1n) is 6.20. The van der Waals surface area contributed by atoms with E-state index in [9.17, 15) is 14.9 Å². The summed E-state index contributed by atoms with van der Waals surface area (Å²) in [4.78, 5) is 24.2. The van der Waals surface area contributed by atoms with Crippen molar-refractivity contribution in [3.05, 3.63) is 57.4 Å². The number of carbonyl (C=O) groups excluding carboxylic acids is 1. The Hall–Kier alpha value is -2.70. The molecular formula is C13H12N4O3. The Balaban J connectivity index is 1.78. The molecule has 0 aliphatic carbocycles. The van der Waals surface area contributed by atoms with Gasteiger partial charge in [0.1, 0.15) is 0 Å². The molecule has 2 heterocycles. The number of H-pyrrole nitrogens is 1. The molecule has 0 bridgehead atoms. The van der Waals surface area contributed by atoms with Gasteiger partial charge in [-0.2, -0.15) is 5.10 Å². The Bertz CT molecular complexity index is 663. The summed E-state index contributed by atoms with van der Waals surface area (Å²) >= 11 is 0. The third-order valence-corrected chi connectivity index (χ3v) is 3.41. The van der Waals surface area contributed by atoms with Crippen molar-refractivity contribution in [3.8, 4) is 0 Å². The van der Waals surface area contributed by atoms with E-state index in [4.69, 9.17) is 0 Å². The second-order valence-corrected chi connectivity index (χ2v) is 4.65. The molecule has 0 saturated carbocycles. The number of benzene rings is 1. The molecule has 7 nitrogen and oxygen atoms in total. The molecule has 0 atom stereocenters. The first kappa shape index (κ1) is 12.3. The molecule has 2 aromatic rings. The molecule has 1 N–H and O–H groups in total. The monoisotopic (exact) mass is 272 g/mol. The first-order chi connectivity index (χ1) is 9.65. The van der Waals surface area contributed by atoms with Crippen LogP contribution in [-0.4, -0.2) is 32.5 Å². The molecule has 0 spiro atoms. The number of hydrogen-bond donors (Lipinski definition) is 1. The van der Waals surface area contributed by atoms with Gasteiger partial charge in [0.15, 0.2) is 0 Å². The summed E-state index contributed by atoms with van der Waals surface area (Å²) in [6.07, 6.45) is 2.47. The molecule has 0 radical (unpaired) electrons. The molecule has 1 amide bonds. The first-order valence-corrected chi connectivity index (χ1v) is 6.20. The fourth-order valence-electron chi connectivity index (χ4n) is 2.30. The quantitative estimate of drug-likeness (QED) is 0.662. The van der Waals surface area contributed by atoms with Crippen molar-refractivity contribution in [1.29, 1.82) is 0 Å². The van der Waals surface area contributed by atoms with Crippen molar-refractivity contribution in [2.45, 2.75) is 13.0 Å². The van der Waals surface area contributed by atoms with Crippen molar-refractivity contribution in [3.63, 3.8) is 0 Å². The van der Waals surface area contributed by atoms with Crippen molar-refractivity contribution < 1.29 is 9.72 Å². The van der Waals surface area contributed by atoms with Crippen LogP contribution in [0.15, 0.2) is 30.5 Å². The molecule has 0 saturated heterocycles. The minimum atomic E-state index is -0.479. The van der Waals surface area contributed by atoms with Crippen molar-refractivity contribution in [2.75, 3.05) is 6.54 Å². The number of nitro benzene ring substituents is 1. The van der Waals surface area contributed by atoms with Crippen LogP contribution in [0.25, 0.3) is 0 Å². The summed E-state index contributed by atoms with van der Waals surface area (Å²) in [5, 5.41) is 17.5. The van der Waals surface area contributed by atoms with Gasteiger partial charge in [0, 0.05) is 48.5 Å². The van der Waals surface area contributed by atoms with Gasteiger partial charge in [0.25, 0.3) is 11.6 Å². The normalized spacial score (nSPS) is 13.9. The van der Waals surface area contributed by atoms with Crippen LogP contribution in [0.4, 0.5) is 5.69 Å². The largest absolute Gasteiger partial charge is 0.334 e. The van der Waals surface area contributed by atoms with E-state index in [2.05, 4.69) is 10.2 Å². The molecule has 1 aliphatic rings. The molecule has 20 heavy (non-hydrogen) atoms. The number of carbonyl (C=O) groups is 1. The summed E-state index contributed by atoms with van der Waals surface area (Å²) in [6, 6.07) is 5.68. The van der Waals surface area contributed by atoms with Gasteiger partial charge in [-0.05, 0) is 12.1 Å². The van der Waals surface area contributed by atoms with Gasteiger partial charge in [-0.25, -0.2) is 0 Å². The fourth-order valence-corrected chi connectivity index (χ4v) is 2.30. The molecule has 0 unspecified atom stereocenters. The molecular weight excluding hydrogens is 260 g/mol. The zero-order valence-corrected chi connectivity index (χ0v) is 10.6. The smallest absolute Gasteiger partial charge is 0.269 e. The summed E-state index contributed by atoms with van der Waals surface area (Å²) in [7, 11) is 0. The van der Waals surface area contributed by atoms with Crippen molar-refractivity contribution >= 4 is 11.6 Å². The lowest BCUT2D eigenvalue weighted by Crippen LogP contribution is -2.35. The SMILES string of the molecule is O=C(c1ccc([N+](=O)[O-])cc1)N1CCc2[nH]ncc2C1. The number of aromatic amines is 1. The lowest BCUT2D eigenvalue weighted by molar-refractivity contribution is -0.384. The van der Waals surface area contributed by atoms with Crippen LogP contribution in [0.1, 0.15) is 21.6 Å². The zero-order valence-electron chi connectivity index (χ0n) is 10.6. The van der Waals surface area contributed by atoms with Crippen LogP contribution in [0, 0.1) is 10.1 Å². The molecule has 7 heteroatoms. The fraction of sp³-hybridized carbons (Fsp3) is 0.231. The zero-order chi connectivity index (χ0) is 14.1. The highest BCUT2D eigenvalue weighted by Crippen LogP contribution is 2.19. The predicted octanol–water partition coefficient (Wildman–Crippen LogP) is 1.52. The average molecular weight is 272 g/mol. The number of nitrogens with one attached hydrogen (secondary N) is 1. The maximum absolute atomic E-state index is 12.3. The third kappa shape index (κ3) is 2.13. The van der Waals surface area contributed by atoms with Gasteiger partial charge < -0.3 is 4.90 Å². The summed E-state index contributed by atoms with van der Waals surface area (Å²) in [6.45, 7) is 1.13. The van der Waals surface area contributed by atoms with Crippen LogP contribution in [0.3, 0.4) is 0 Å². The highest BCUT2D eigenvalue weighted by molar-refractivity contribution is 5.94. The number of hydrogen-bond acceptors (Lipinski definition) is 4. The van der Waals surface area contributed by atoms with Crippen LogP contribution < -0.4 is 0 Å². The van der Waals surface area contributed by atoms with Crippen LogP contribution in [0.2, 0.25) is 0 Å². The topological polar surface area (TPSA) is 92.1 Å².